The zero-order chi connectivity index (χ0) is 42.7. The molecule has 0 spiro atoms. The third-order valence-corrected chi connectivity index (χ3v) is 13.2. The number of piperidine rings is 1. The Bertz CT molecular complexity index is 2360. The lowest BCUT2D eigenvalue weighted by Crippen LogP contribution is -2.52. The van der Waals surface area contributed by atoms with E-state index in [0.29, 0.717) is 30.5 Å². The van der Waals surface area contributed by atoms with Gasteiger partial charge < -0.3 is 29.3 Å². The maximum Gasteiger partial charge on any atom is 0.331 e. The largest absolute Gasteiger partial charge is 0.497 e. The molecule has 14 nitrogen and oxygen atoms in total. The third-order valence-electron chi connectivity index (χ3n) is 13.2. The number of carbonyl (C=O) groups is 3. The SMILES string of the molecule is COc1ccc(CN2C(=O)CCN(c3ccc(N4CCC(CN5CCN(c6ccc(Nc7ncc8cc(C(=O)N(C)C)n(C9CCCC9)c8n7)cc6)CC5)CC4)cc3)C2=O)cc1. The summed E-state index contributed by atoms with van der Waals surface area (Å²) in [6.45, 7) is 7.87. The van der Waals surface area contributed by atoms with Crippen LogP contribution in [0.3, 0.4) is 0 Å². The molecular formula is C48H58N10O4. The van der Waals surface area contributed by atoms with Crippen molar-refractivity contribution < 1.29 is 19.1 Å². The number of aromatic nitrogens is 3. The van der Waals surface area contributed by atoms with Gasteiger partial charge in [0.05, 0.1) is 13.7 Å². The van der Waals surface area contributed by atoms with Crippen LogP contribution in [0.1, 0.15) is 67.0 Å². The van der Waals surface area contributed by atoms with E-state index in [4.69, 9.17) is 9.72 Å². The van der Waals surface area contributed by atoms with E-state index >= 15 is 0 Å². The Morgan fingerprint density at radius 2 is 1.44 bits per heavy atom. The van der Waals surface area contributed by atoms with Gasteiger partial charge in [0.1, 0.15) is 17.1 Å². The number of fused-ring (bicyclic) bond motifs is 1. The minimum absolute atomic E-state index is 0.00753. The number of hydrogen-bond donors (Lipinski definition) is 1. The number of carbonyl (C=O) groups excluding carboxylic acids is 3. The lowest BCUT2D eigenvalue weighted by atomic mass is 9.95. The second-order valence-electron chi connectivity index (χ2n) is 17.4. The van der Waals surface area contributed by atoms with E-state index in [1.54, 1.807) is 31.0 Å². The number of benzene rings is 3. The molecule has 5 heterocycles. The van der Waals surface area contributed by atoms with Gasteiger partial charge in [0, 0.05) is 113 Å². The Morgan fingerprint density at radius 1 is 0.790 bits per heavy atom. The molecule has 3 aliphatic heterocycles. The first-order valence-corrected chi connectivity index (χ1v) is 22.2. The van der Waals surface area contributed by atoms with Crippen LogP contribution in [0.4, 0.5) is 33.5 Å². The van der Waals surface area contributed by atoms with Crippen molar-refractivity contribution in [2.75, 3.05) is 93.6 Å². The second kappa shape index (κ2) is 18.1. The average Bonchev–Trinajstić information content (AvgIpc) is 3.97. The Kier molecular flexibility index (Phi) is 12.0. The highest BCUT2D eigenvalue weighted by Crippen LogP contribution is 2.35. The fraction of sp³-hybridized carbons (Fsp3) is 0.438. The van der Waals surface area contributed by atoms with E-state index in [-0.39, 0.29) is 30.4 Å². The van der Waals surface area contributed by atoms with Gasteiger partial charge >= 0.3 is 6.03 Å². The van der Waals surface area contributed by atoms with Crippen molar-refractivity contribution in [1.29, 1.82) is 0 Å². The topological polar surface area (TPSA) is 123 Å². The van der Waals surface area contributed by atoms with Crippen molar-refractivity contribution in [2.24, 2.45) is 5.92 Å². The quantitative estimate of drug-likeness (QED) is 0.136. The first-order valence-electron chi connectivity index (χ1n) is 22.2. The van der Waals surface area contributed by atoms with Crippen LogP contribution in [0.15, 0.2) is 85.1 Å². The molecule has 14 heteroatoms. The van der Waals surface area contributed by atoms with Crippen LogP contribution in [-0.2, 0) is 11.3 Å². The van der Waals surface area contributed by atoms with Crippen LogP contribution in [0.2, 0.25) is 0 Å². The number of anilines is 5. The fourth-order valence-corrected chi connectivity index (χ4v) is 9.65. The number of piperazine rings is 1. The van der Waals surface area contributed by atoms with Gasteiger partial charge in [0.15, 0.2) is 0 Å². The maximum atomic E-state index is 13.5. The predicted molar refractivity (Wildman–Crippen MR) is 244 cm³/mol. The molecule has 1 N–H and O–H groups in total. The van der Waals surface area contributed by atoms with Crippen molar-refractivity contribution in [2.45, 2.75) is 57.5 Å². The van der Waals surface area contributed by atoms with E-state index in [2.05, 4.69) is 66.0 Å². The van der Waals surface area contributed by atoms with Gasteiger partial charge in [0.2, 0.25) is 11.9 Å². The van der Waals surface area contributed by atoms with Crippen LogP contribution in [-0.4, -0.2) is 121 Å². The molecule has 0 radical (unpaired) electrons. The molecule has 3 aromatic carbocycles. The van der Waals surface area contributed by atoms with Gasteiger partial charge in [-0.2, -0.15) is 4.98 Å². The van der Waals surface area contributed by atoms with Gasteiger partial charge in [-0.3, -0.25) is 24.3 Å². The van der Waals surface area contributed by atoms with E-state index in [1.165, 1.54) is 29.1 Å². The maximum absolute atomic E-state index is 13.5. The Morgan fingerprint density at radius 3 is 2.10 bits per heavy atom. The number of ether oxygens (including phenoxy) is 1. The smallest absolute Gasteiger partial charge is 0.331 e. The van der Waals surface area contributed by atoms with Crippen LogP contribution < -0.4 is 24.8 Å². The first kappa shape index (κ1) is 41.2. The molecule has 4 amide bonds. The molecule has 4 fully saturated rings. The molecular weight excluding hydrogens is 781 g/mol. The molecule has 9 rings (SSSR count). The number of nitrogens with one attached hydrogen (secondary N) is 1. The van der Waals surface area contributed by atoms with Gasteiger partial charge in [-0.05, 0) is 104 Å². The van der Waals surface area contributed by atoms with E-state index in [0.717, 1.165) is 105 Å². The van der Waals surface area contributed by atoms with Gasteiger partial charge in [-0.1, -0.05) is 25.0 Å². The first-order chi connectivity index (χ1) is 30.2. The zero-order valence-electron chi connectivity index (χ0n) is 36.2. The molecule has 1 saturated carbocycles. The summed E-state index contributed by atoms with van der Waals surface area (Å²) in [5.41, 5.74) is 6.52. The molecule has 3 saturated heterocycles. The van der Waals surface area contributed by atoms with Crippen LogP contribution in [0.25, 0.3) is 11.0 Å². The molecule has 0 unspecified atom stereocenters. The highest BCUT2D eigenvalue weighted by molar-refractivity contribution is 6.05. The summed E-state index contributed by atoms with van der Waals surface area (Å²) in [6.07, 6.45) is 8.88. The molecule has 1 aliphatic carbocycles. The molecule has 4 aliphatic rings. The van der Waals surface area contributed by atoms with Crippen LogP contribution in [0, 0.1) is 5.92 Å². The van der Waals surface area contributed by atoms with E-state index in [9.17, 15) is 14.4 Å². The number of hydrogen-bond acceptors (Lipinski definition) is 10. The third kappa shape index (κ3) is 8.78. The second-order valence-corrected chi connectivity index (χ2v) is 17.4. The Labute approximate surface area is 364 Å². The van der Waals surface area contributed by atoms with Crippen molar-refractivity contribution in [1.82, 2.24) is 29.2 Å². The van der Waals surface area contributed by atoms with Gasteiger partial charge in [0.25, 0.3) is 5.91 Å². The Balaban J connectivity index is 0.735. The highest BCUT2D eigenvalue weighted by Gasteiger charge is 2.33. The monoisotopic (exact) mass is 838 g/mol. The summed E-state index contributed by atoms with van der Waals surface area (Å²) in [5.74, 6) is 1.79. The van der Waals surface area contributed by atoms with Crippen molar-refractivity contribution in [3.63, 3.8) is 0 Å². The van der Waals surface area contributed by atoms with E-state index in [1.807, 2.05) is 48.7 Å². The molecule has 62 heavy (non-hydrogen) atoms. The zero-order valence-corrected chi connectivity index (χ0v) is 36.2. The molecule has 5 aromatic rings. The summed E-state index contributed by atoms with van der Waals surface area (Å²) >= 11 is 0. The molecule has 324 valence electrons. The fourth-order valence-electron chi connectivity index (χ4n) is 9.65. The highest BCUT2D eigenvalue weighted by atomic mass is 16.5. The standard InChI is InChI=1S/C48H58N10O4/c1-52(2)46(60)43-30-36-31-49-47(51-45(36)58(43)41-6-4-5-7-41)50-37-10-12-38(13-11-37)55-28-26-53(27-29-55)32-35-20-23-54(24-21-35)39-14-16-40(17-15-39)56-25-22-44(59)57(48(56)61)33-34-8-18-42(62-3)19-9-34/h8-19,30-31,35,41H,4-7,20-29,32-33H2,1-3H3,(H,49,50,51). The van der Waals surface area contributed by atoms with Crippen LogP contribution >= 0.6 is 0 Å². The summed E-state index contributed by atoms with van der Waals surface area (Å²) in [4.78, 5) is 61.2. The van der Waals surface area contributed by atoms with Gasteiger partial charge in [-0.15, -0.1) is 0 Å². The van der Waals surface area contributed by atoms with Crippen molar-refractivity contribution in [3.05, 3.63) is 96.3 Å². The predicted octanol–water partition coefficient (Wildman–Crippen LogP) is 7.40. The number of methoxy groups -OCH3 is 1. The number of amides is 4. The minimum atomic E-state index is -0.279. The molecule has 0 atom stereocenters. The summed E-state index contributed by atoms with van der Waals surface area (Å²) in [5, 5.41) is 4.30. The normalized spacial score (nSPS) is 18.2. The van der Waals surface area contributed by atoms with Crippen molar-refractivity contribution in [3.8, 4) is 5.75 Å². The van der Waals surface area contributed by atoms with Crippen molar-refractivity contribution >= 4 is 57.6 Å². The summed E-state index contributed by atoms with van der Waals surface area (Å²) in [7, 11) is 5.21. The molecule has 0 bridgehead atoms. The number of imide groups is 1. The van der Waals surface area contributed by atoms with Gasteiger partial charge in [-0.25, -0.2) is 9.78 Å². The lowest BCUT2D eigenvalue weighted by molar-refractivity contribution is -0.129. The molecule has 2 aromatic heterocycles. The number of urea groups is 1. The summed E-state index contributed by atoms with van der Waals surface area (Å²) < 4.78 is 7.40. The lowest BCUT2D eigenvalue weighted by Gasteiger charge is -2.40. The Hall–Kier alpha value is -6.15. The minimum Gasteiger partial charge on any atom is -0.497 e. The van der Waals surface area contributed by atoms with E-state index < -0.39 is 0 Å². The number of nitrogens with zero attached hydrogens (tertiary/aromatic N) is 9. The van der Waals surface area contributed by atoms with Crippen LogP contribution in [0.5, 0.6) is 5.75 Å². The number of rotatable bonds is 12. The summed E-state index contributed by atoms with van der Waals surface area (Å²) in [6, 6.07) is 26.2. The average molecular weight is 839 g/mol.